The maximum atomic E-state index is 11.2. The van der Waals surface area contributed by atoms with Crippen molar-refractivity contribution in [1.29, 1.82) is 0 Å². The van der Waals surface area contributed by atoms with Crippen LogP contribution in [0.15, 0.2) is 4.99 Å². The Bertz CT molecular complexity index is 484. The van der Waals surface area contributed by atoms with E-state index >= 15 is 0 Å². The van der Waals surface area contributed by atoms with Gasteiger partial charge in [-0.15, -0.1) is 0 Å². The van der Waals surface area contributed by atoms with Gasteiger partial charge in [0, 0.05) is 27.2 Å². The van der Waals surface area contributed by atoms with Crippen molar-refractivity contribution in [2.75, 3.05) is 6.61 Å². The molecule has 1 aliphatic rings. The lowest BCUT2D eigenvalue weighted by Crippen LogP contribution is -2.53. The standard InChI is InChI=1S/C13H17NO8/c1-7(16)19-5-11-13(21-9(3)18)10(20-8(2)17)4-12(22-11)14-6-15/h10-13H,4-5H2,1-3H3. The van der Waals surface area contributed by atoms with Crippen LogP contribution in [-0.4, -0.2) is 55.1 Å². The molecule has 0 spiro atoms. The first-order chi connectivity index (χ1) is 10.3. The number of hydrogen-bond acceptors (Lipinski definition) is 9. The second-order valence-corrected chi connectivity index (χ2v) is 4.61. The lowest BCUT2D eigenvalue weighted by Gasteiger charge is -2.38. The van der Waals surface area contributed by atoms with Gasteiger partial charge in [0.05, 0.1) is 0 Å². The number of hydrogen-bond donors (Lipinski definition) is 0. The number of nitrogens with zero attached hydrogens (tertiary/aromatic N) is 1. The second-order valence-electron chi connectivity index (χ2n) is 4.61. The molecule has 0 N–H and O–H groups in total. The van der Waals surface area contributed by atoms with Gasteiger partial charge < -0.3 is 18.9 Å². The van der Waals surface area contributed by atoms with Gasteiger partial charge in [-0.25, -0.2) is 4.79 Å². The number of carbonyl (C=O) groups is 3. The quantitative estimate of drug-likeness (QED) is 0.298. The van der Waals surface area contributed by atoms with Crippen molar-refractivity contribution in [2.45, 2.75) is 51.7 Å². The molecule has 122 valence electrons. The molecule has 1 fully saturated rings. The van der Waals surface area contributed by atoms with E-state index in [1.807, 2.05) is 0 Å². The van der Waals surface area contributed by atoms with Crippen LogP contribution in [0, 0.1) is 0 Å². The summed E-state index contributed by atoms with van der Waals surface area (Å²) in [6.07, 6.45) is -2.35. The summed E-state index contributed by atoms with van der Waals surface area (Å²) < 4.78 is 20.5. The van der Waals surface area contributed by atoms with Crippen molar-refractivity contribution in [2.24, 2.45) is 4.99 Å². The Hall–Kier alpha value is -2.25. The summed E-state index contributed by atoms with van der Waals surface area (Å²) >= 11 is 0. The maximum Gasteiger partial charge on any atom is 0.303 e. The van der Waals surface area contributed by atoms with Gasteiger partial charge in [-0.3, -0.25) is 14.4 Å². The molecular formula is C13H17NO8. The van der Waals surface area contributed by atoms with E-state index in [0.717, 1.165) is 0 Å². The van der Waals surface area contributed by atoms with Gasteiger partial charge >= 0.3 is 17.9 Å². The molecule has 4 unspecified atom stereocenters. The minimum atomic E-state index is -0.973. The van der Waals surface area contributed by atoms with Crippen LogP contribution in [0.1, 0.15) is 27.2 Å². The minimum Gasteiger partial charge on any atom is -0.463 e. The van der Waals surface area contributed by atoms with Crippen molar-refractivity contribution < 1.29 is 38.1 Å². The van der Waals surface area contributed by atoms with E-state index in [9.17, 15) is 19.2 Å². The Morgan fingerprint density at radius 1 is 1.14 bits per heavy atom. The summed E-state index contributed by atoms with van der Waals surface area (Å²) in [5.74, 6) is -1.77. The highest BCUT2D eigenvalue weighted by Gasteiger charge is 2.43. The average molecular weight is 315 g/mol. The Morgan fingerprint density at radius 3 is 2.27 bits per heavy atom. The van der Waals surface area contributed by atoms with Crippen molar-refractivity contribution in [3.8, 4) is 0 Å². The first-order valence-electron chi connectivity index (χ1n) is 6.53. The van der Waals surface area contributed by atoms with Crippen LogP contribution in [0.5, 0.6) is 0 Å². The second kappa shape index (κ2) is 8.26. The van der Waals surface area contributed by atoms with Gasteiger partial charge in [-0.2, -0.15) is 4.99 Å². The molecule has 1 aliphatic heterocycles. The van der Waals surface area contributed by atoms with E-state index < -0.39 is 42.4 Å². The highest BCUT2D eigenvalue weighted by molar-refractivity contribution is 5.67. The first kappa shape index (κ1) is 17.8. The van der Waals surface area contributed by atoms with Gasteiger partial charge in [-0.1, -0.05) is 0 Å². The Morgan fingerprint density at radius 2 is 1.77 bits per heavy atom. The zero-order chi connectivity index (χ0) is 16.7. The fraction of sp³-hybridized carbons (Fsp3) is 0.692. The minimum absolute atomic E-state index is 0.0172. The zero-order valence-electron chi connectivity index (χ0n) is 12.4. The fourth-order valence-electron chi connectivity index (χ4n) is 2.05. The van der Waals surface area contributed by atoms with E-state index in [2.05, 4.69) is 4.99 Å². The van der Waals surface area contributed by atoms with Crippen LogP contribution in [0.2, 0.25) is 0 Å². The van der Waals surface area contributed by atoms with Crippen LogP contribution in [0.25, 0.3) is 0 Å². The number of ether oxygens (including phenoxy) is 4. The lowest BCUT2D eigenvalue weighted by molar-refractivity contribution is -0.213. The van der Waals surface area contributed by atoms with Crippen LogP contribution in [0.4, 0.5) is 0 Å². The molecule has 4 atom stereocenters. The summed E-state index contributed by atoms with van der Waals surface area (Å²) in [6.45, 7) is 3.34. The predicted octanol–water partition coefficient (Wildman–Crippen LogP) is -0.136. The van der Waals surface area contributed by atoms with Gasteiger partial charge in [0.2, 0.25) is 6.08 Å². The molecule has 0 bridgehead atoms. The number of esters is 3. The summed E-state index contributed by atoms with van der Waals surface area (Å²) in [4.78, 5) is 47.1. The van der Waals surface area contributed by atoms with E-state index in [1.54, 1.807) is 0 Å². The molecule has 22 heavy (non-hydrogen) atoms. The molecule has 0 amide bonds. The molecule has 0 aromatic heterocycles. The van der Waals surface area contributed by atoms with Crippen LogP contribution in [-0.2, 0) is 38.1 Å². The van der Waals surface area contributed by atoms with E-state index in [0.29, 0.717) is 0 Å². The third-order valence-corrected chi connectivity index (χ3v) is 2.77. The van der Waals surface area contributed by atoms with Crippen LogP contribution < -0.4 is 0 Å². The molecule has 9 heteroatoms. The molecule has 0 aliphatic carbocycles. The number of rotatable bonds is 5. The molecular weight excluding hydrogens is 298 g/mol. The largest absolute Gasteiger partial charge is 0.463 e. The molecule has 0 radical (unpaired) electrons. The predicted molar refractivity (Wildman–Crippen MR) is 69.1 cm³/mol. The van der Waals surface area contributed by atoms with Crippen LogP contribution >= 0.6 is 0 Å². The number of aliphatic imine (C=N–C) groups is 1. The van der Waals surface area contributed by atoms with Crippen molar-refractivity contribution in [3.05, 3.63) is 0 Å². The molecule has 0 aromatic rings. The highest BCUT2D eigenvalue weighted by atomic mass is 16.6. The van der Waals surface area contributed by atoms with Gasteiger partial charge in [0.1, 0.15) is 18.8 Å². The molecule has 0 aromatic carbocycles. The number of carbonyl (C=O) groups excluding carboxylic acids is 4. The molecule has 0 saturated carbocycles. The summed E-state index contributed by atoms with van der Waals surface area (Å²) in [5.41, 5.74) is 0. The summed E-state index contributed by atoms with van der Waals surface area (Å²) in [5, 5.41) is 0. The smallest absolute Gasteiger partial charge is 0.303 e. The fourth-order valence-corrected chi connectivity index (χ4v) is 2.05. The average Bonchev–Trinajstić information content (AvgIpc) is 2.38. The lowest BCUT2D eigenvalue weighted by atomic mass is 10.0. The van der Waals surface area contributed by atoms with Gasteiger partial charge in [0.25, 0.3) is 0 Å². The van der Waals surface area contributed by atoms with Crippen molar-refractivity contribution in [1.82, 2.24) is 0 Å². The first-order valence-corrected chi connectivity index (χ1v) is 6.53. The normalized spacial score (nSPS) is 27.2. The monoisotopic (exact) mass is 315 g/mol. The Labute approximate surface area is 126 Å². The number of isocyanates is 1. The van der Waals surface area contributed by atoms with E-state index in [1.165, 1.54) is 26.9 Å². The zero-order valence-corrected chi connectivity index (χ0v) is 12.4. The van der Waals surface area contributed by atoms with Crippen molar-refractivity contribution >= 4 is 24.0 Å². The van der Waals surface area contributed by atoms with Crippen molar-refractivity contribution in [3.63, 3.8) is 0 Å². The van der Waals surface area contributed by atoms with E-state index in [-0.39, 0.29) is 13.0 Å². The van der Waals surface area contributed by atoms with Gasteiger partial charge in [-0.05, 0) is 0 Å². The van der Waals surface area contributed by atoms with Crippen LogP contribution in [0.3, 0.4) is 0 Å². The highest BCUT2D eigenvalue weighted by Crippen LogP contribution is 2.26. The maximum absolute atomic E-state index is 11.2. The summed E-state index contributed by atoms with van der Waals surface area (Å²) in [7, 11) is 0. The Kier molecular flexibility index (Phi) is 6.68. The van der Waals surface area contributed by atoms with E-state index in [4.69, 9.17) is 18.9 Å². The summed E-state index contributed by atoms with van der Waals surface area (Å²) in [6, 6.07) is 0. The SMILES string of the molecule is CC(=O)OCC1OC(N=C=O)CC(OC(C)=O)C1OC(C)=O. The Balaban J connectivity index is 2.96. The van der Waals surface area contributed by atoms with Gasteiger partial charge in [0.15, 0.2) is 12.3 Å². The third kappa shape index (κ3) is 5.63. The molecule has 1 heterocycles. The third-order valence-electron chi connectivity index (χ3n) is 2.77. The molecule has 9 nitrogen and oxygen atoms in total. The molecule has 1 rings (SSSR count). The topological polar surface area (TPSA) is 118 Å². The molecule has 1 saturated heterocycles.